The molecule has 0 aliphatic carbocycles. The number of carbonyl (C=O) groups is 1. The number of aromatic nitrogens is 12. The molecule has 0 spiro atoms. The van der Waals surface area contributed by atoms with Crippen LogP contribution in [0.5, 0.6) is 11.5 Å². The van der Waals surface area contributed by atoms with Crippen molar-refractivity contribution in [2.75, 3.05) is 101 Å². The molecule has 8 N–H and O–H groups in total. The number of anilines is 8. The van der Waals surface area contributed by atoms with Crippen molar-refractivity contribution in [3.05, 3.63) is 198 Å². The minimum absolute atomic E-state index is 0.0399. The highest BCUT2D eigenvalue weighted by Gasteiger charge is 2.33. The lowest BCUT2D eigenvalue weighted by Gasteiger charge is -2.34. The third-order valence-corrected chi connectivity index (χ3v) is 21.6. The molecule has 0 radical (unpaired) electrons. The highest BCUT2D eigenvalue weighted by atomic mass is 32.1. The highest BCUT2D eigenvalue weighted by Crippen LogP contribution is 2.39. The lowest BCUT2D eigenvalue weighted by molar-refractivity contribution is -0.138. The predicted octanol–water partition coefficient (Wildman–Crippen LogP) is 16.1. The fourth-order valence-electron chi connectivity index (χ4n) is 11.4. The zero-order valence-electron chi connectivity index (χ0n) is 64.7. The minimum Gasteiger partial charge on any atom is -0.493 e. The van der Waals surface area contributed by atoms with E-state index >= 15 is 0 Å². The van der Waals surface area contributed by atoms with E-state index in [4.69, 9.17) is 29.5 Å². The number of hydrogen-bond donors (Lipinski definition) is 8. The number of benzene rings is 4. The first-order valence-electron chi connectivity index (χ1n) is 36.0. The highest BCUT2D eigenvalue weighted by molar-refractivity contribution is 7.16. The molecule has 0 saturated carbocycles. The van der Waals surface area contributed by atoms with Gasteiger partial charge in [-0.15, -0.1) is 45.3 Å². The van der Waals surface area contributed by atoms with Crippen LogP contribution in [-0.4, -0.2) is 175 Å². The minimum atomic E-state index is -4.54. The molecule has 26 nitrogen and oxygen atoms in total. The van der Waals surface area contributed by atoms with Crippen LogP contribution in [0, 0.1) is 69.2 Å². The first-order chi connectivity index (χ1) is 54.9. The molecule has 8 aromatic heterocycles. The van der Waals surface area contributed by atoms with E-state index in [1.54, 1.807) is 42.9 Å². The zero-order chi connectivity index (χ0) is 82.7. The number of alkyl halides is 6. The maximum absolute atomic E-state index is 13.6. The van der Waals surface area contributed by atoms with Gasteiger partial charge in [0.25, 0.3) is 0 Å². The average molecular weight is 1660 g/mol. The largest absolute Gasteiger partial charge is 0.493 e. The third kappa shape index (κ3) is 25.2. The molecule has 13 rings (SSSR count). The van der Waals surface area contributed by atoms with Crippen LogP contribution < -0.4 is 30.7 Å². The van der Waals surface area contributed by atoms with Crippen LogP contribution in [0.3, 0.4) is 0 Å². The summed E-state index contributed by atoms with van der Waals surface area (Å²) in [4.78, 5) is 72.0. The molecule has 0 amide bonds. The monoisotopic (exact) mass is 1660 g/mol. The number of halogens is 6. The van der Waals surface area contributed by atoms with Gasteiger partial charge in [-0.3, -0.25) is 9.80 Å². The van der Waals surface area contributed by atoms with E-state index in [1.165, 1.54) is 70.8 Å². The normalized spacial score (nSPS) is 12.6. The summed E-state index contributed by atoms with van der Waals surface area (Å²) < 4.78 is 96.2. The van der Waals surface area contributed by atoms with Gasteiger partial charge in [-0.05, 0) is 164 Å². The van der Waals surface area contributed by atoms with Crippen molar-refractivity contribution in [1.82, 2.24) is 69.6 Å². The third-order valence-electron chi connectivity index (χ3n) is 17.1. The van der Waals surface area contributed by atoms with Crippen LogP contribution in [0.4, 0.5) is 72.9 Å². The lowest BCUT2D eigenvalue weighted by Crippen LogP contribution is -2.48. The summed E-state index contributed by atoms with van der Waals surface area (Å²) in [5.74, 6) is 1.00. The van der Waals surface area contributed by atoms with Crippen LogP contribution in [-0.2, 0) is 17.1 Å². The summed E-state index contributed by atoms with van der Waals surface area (Å²) in [6.45, 7) is 24.2. The Morgan fingerprint density at radius 3 is 1.18 bits per heavy atom. The van der Waals surface area contributed by atoms with Crippen LogP contribution in [0.2, 0.25) is 0 Å². The van der Waals surface area contributed by atoms with E-state index < -0.39 is 35.6 Å². The molecular formula is C79H86F6N18O8S4. The van der Waals surface area contributed by atoms with Gasteiger partial charge in [0.05, 0.1) is 60.0 Å². The number of piperazine rings is 1. The van der Waals surface area contributed by atoms with Gasteiger partial charge in [0.15, 0.2) is 5.69 Å². The maximum atomic E-state index is 13.6. The number of rotatable bonds is 25. The van der Waals surface area contributed by atoms with Crippen molar-refractivity contribution in [3.8, 4) is 54.3 Å². The molecule has 1 aliphatic heterocycles. The number of methoxy groups -OCH3 is 1. The molecule has 12 aromatic rings. The van der Waals surface area contributed by atoms with Crippen LogP contribution >= 0.6 is 45.3 Å². The Balaban J connectivity index is 0.000000164. The van der Waals surface area contributed by atoms with Crippen molar-refractivity contribution in [3.63, 3.8) is 0 Å². The molecule has 9 heterocycles. The molecule has 1 atom stereocenters. The molecule has 0 bridgehead atoms. The summed E-state index contributed by atoms with van der Waals surface area (Å²) in [7, 11) is 1.34. The molecular weight excluding hydrogens is 1570 g/mol. The number of nitrogens with zero attached hydrogens (tertiary/aromatic N) is 14. The van der Waals surface area contributed by atoms with Gasteiger partial charge in [0.2, 0.25) is 23.8 Å². The molecule has 1 unspecified atom stereocenters. The Labute approximate surface area is 676 Å². The van der Waals surface area contributed by atoms with E-state index in [2.05, 4.69) is 103 Å². The van der Waals surface area contributed by atoms with E-state index in [0.717, 1.165) is 115 Å². The van der Waals surface area contributed by atoms with E-state index in [0.29, 0.717) is 85.5 Å². The average Bonchev–Trinajstić information content (AvgIpc) is 1.77. The first kappa shape index (κ1) is 86.7. The molecule has 115 heavy (non-hydrogen) atoms. The van der Waals surface area contributed by atoms with Crippen LogP contribution in [0.15, 0.2) is 122 Å². The summed E-state index contributed by atoms with van der Waals surface area (Å²) in [6.07, 6.45) is -3.26. The number of ether oxygens (including phenoxy) is 3. The van der Waals surface area contributed by atoms with Crippen molar-refractivity contribution in [2.24, 2.45) is 0 Å². The van der Waals surface area contributed by atoms with Gasteiger partial charge in [-0.1, -0.05) is 12.1 Å². The fraction of sp³-hybridized carbons (Fsp3) is 0.329. The van der Waals surface area contributed by atoms with Gasteiger partial charge in [0.1, 0.15) is 67.0 Å². The number of aliphatic hydroxyl groups excluding tert-OH is 4. The van der Waals surface area contributed by atoms with Gasteiger partial charge >= 0.3 is 18.3 Å². The number of thiazole rings is 4. The molecule has 4 aromatic carbocycles. The predicted molar refractivity (Wildman–Crippen MR) is 435 cm³/mol. The number of β-amino-alcohol motifs (C(OH)–C–C–N with tert-alkyl or cyclic N) is 1. The number of hydrogen-bond acceptors (Lipinski definition) is 30. The Hall–Kier alpha value is -10.7. The Morgan fingerprint density at radius 1 is 0.452 bits per heavy atom. The summed E-state index contributed by atoms with van der Waals surface area (Å²) in [5.41, 5.74) is 10.5. The van der Waals surface area contributed by atoms with Gasteiger partial charge < -0.3 is 55.9 Å². The number of esters is 1. The lowest BCUT2D eigenvalue weighted by atomic mass is 10.1. The second kappa shape index (κ2) is 40.1. The standard InChI is InChI=1S/C24H29F3N6O2S.C19H19F3N4O2S.C18H18N4O2S.C18H20N4O2S/c1-16-17(2)36-22(29-16)21-3-4-28-23(31-21)30-19-13-18(24(25,26)27)14-20(15-19)35-12-10-33-7-5-32(6-8-33)9-11-34;1-11-12(2)29-17(24-11)16-4-5-23-18(26-16)25-14-8-13(19(20,21)22)9-15(10-14)28-7-3-6-27;1-10-7-11(2)9-13(8-10)20-18-19-6-5-14(21-18)16-22-15(12(3)25-16)17(23)24-4;1-10-6-11(2)8-13(7-10)21-18-19-5-4-14(22-18)17-20-12(3)16(25-17)15(24)9-23/h3-4,13-15,34H,5-12H2,1-2H3,(H,28,30,31);4-5,8-10,27H,3,6-7H2,1-2H3,(H,23,25,26);5-9H,1-4H3,(H,19,20,21);4-8,15,23-24H,9H2,1-3H3,(H,19,21,22). The summed E-state index contributed by atoms with van der Waals surface area (Å²) in [5, 5.41) is 51.8. The SMILES string of the molecule is COC(=O)c1nc(-c2ccnc(Nc3cc(C)cc(C)c3)n2)sc1C.Cc1cc(C)cc(Nc2nccc(-c3nc(C)c(C(O)CO)s3)n2)c1.Cc1nc(-c2ccnc(Nc3cc(OCCCO)cc(C(F)(F)F)c3)n2)sc1C.Cc1nc(-c2ccnc(Nc3cc(OCCN4CCN(CCO)CC4)cc(C(F)(F)F)c3)n2)sc1C. The number of carbonyl (C=O) groups excluding carboxylic acids is 1. The Kier molecular flexibility index (Phi) is 30.2. The quantitative estimate of drug-likeness (QED) is 0.0150. The molecule has 1 aliphatic rings. The van der Waals surface area contributed by atoms with Crippen molar-refractivity contribution in [2.45, 2.75) is 94.1 Å². The second-order valence-corrected chi connectivity index (χ2v) is 31.0. The maximum Gasteiger partial charge on any atom is 0.416 e. The number of nitrogens with one attached hydrogen (secondary N) is 4. The number of aryl methyl sites for hydroxylation is 10. The summed E-state index contributed by atoms with van der Waals surface area (Å²) in [6, 6.07) is 26.2. The van der Waals surface area contributed by atoms with Crippen LogP contribution in [0.25, 0.3) is 42.8 Å². The molecule has 36 heteroatoms. The van der Waals surface area contributed by atoms with E-state index in [9.17, 15) is 36.2 Å². The van der Waals surface area contributed by atoms with Gasteiger partial charge in [0, 0.05) is 127 Å². The van der Waals surface area contributed by atoms with E-state index in [1.807, 2.05) is 93.5 Å². The second-order valence-electron chi connectivity index (χ2n) is 26.4. The van der Waals surface area contributed by atoms with Gasteiger partial charge in [-0.2, -0.15) is 26.3 Å². The zero-order valence-corrected chi connectivity index (χ0v) is 68.0. The number of aliphatic hydroxyl groups is 4. The van der Waals surface area contributed by atoms with Crippen molar-refractivity contribution >= 4 is 97.9 Å². The first-order valence-corrected chi connectivity index (χ1v) is 39.3. The molecule has 606 valence electrons. The van der Waals surface area contributed by atoms with E-state index in [-0.39, 0.29) is 67.8 Å². The van der Waals surface area contributed by atoms with Gasteiger partial charge in [-0.25, -0.2) is 64.6 Å². The fourth-order valence-corrected chi connectivity index (χ4v) is 15.0. The molecule has 1 fully saturated rings. The Bertz CT molecular complexity index is 5190. The molecule has 1 saturated heterocycles. The van der Waals surface area contributed by atoms with Crippen molar-refractivity contribution < 1.29 is 65.8 Å². The van der Waals surface area contributed by atoms with Crippen LogP contribution in [0.1, 0.15) is 93.0 Å². The summed E-state index contributed by atoms with van der Waals surface area (Å²) >= 11 is 5.71. The Morgan fingerprint density at radius 2 is 0.817 bits per heavy atom. The smallest absolute Gasteiger partial charge is 0.416 e. The topological polar surface area (TPSA) is 335 Å². The van der Waals surface area contributed by atoms with Crippen molar-refractivity contribution in [1.29, 1.82) is 0 Å².